The summed E-state index contributed by atoms with van der Waals surface area (Å²) >= 11 is 0. The first-order chi connectivity index (χ1) is 35.1. The molecule has 0 amide bonds. The molecule has 0 saturated heterocycles. The first kappa shape index (κ1) is 80.6. The van der Waals surface area contributed by atoms with E-state index < -0.39 is 268 Å². The molecule has 0 aromatic carbocycles. The normalized spacial score (nSPS) is 16.8. The predicted octanol–water partition coefficient (Wildman–Crippen LogP) is -19.8. The molecule has 0 rings (SSSR count). The Kier molecular flexibility index (Phi) is 38.2. The topological polar surface area (TPSA) is 514 Å². The van der Waals surface area contributed by atoms with Gasteiger partial charge in [-0.2, -0.15) is 0 Å². The van der Waals surface area contributed by atoms with E-state index in [9.17, 15) is 91.1 Å². The molecule has 0 aromatic heterocycles. The maximum absolute atomic E-state index is 12.7. The van der Waals surface area contributed by atoms with Gasteiger partial charge in [0.25, 0.3) is 50.9 Å². The largest absolute Gasteiger partial charge is 0.499 e. The van der Waals surface area contributed by atoms with Crippen LogP contribution in [0.5, 0.6) is 0 Å². The van der Waals surface area contributed by atoms with Crippen molar-refractivity contribution in [3.8, 4) is 0 Å². The van der Waals surface area contributed by atoms with E-state index in [-0.39, 0.29) is 12.1 Å². The molecule has 3 unspecified atom stereocenters. The fraction of sp³-hybridized carbons (Fsp3) is 1.00. The third-order valence-corrected chi connectivity index (χ3v) is 250. The number of hydrogen-bond acceptors (Lipinski definition) is 33. The van der Waals surface area contributed by atoms with Crippen molar-refractivity contribution in [3.05, 3.63) is 0 Å². The van der Waals surface area contributed by atoms with Gasteiger partial charge in [-0.25, -0.2) is 0 Å². The molecule has 0 spiro atoms. The smallest absolute Gasteiger partial charge is 0.439 e. The first-order valence-electron chi connectivity index (χ1n) is 19.0. The van der Waals surface area contributed by atoms with E-state index >= 15 is 0 Å². The van der Waals surface area contributed by atoms with Crippen LogP contribution in [-0.4, -0.2) is 397 Å². The van der Waals surface area contributed by atoms with Crippen molar-refractivity contribution in [1.82, 2.24) is 0 Å². The second-order valence-electron chi connectivity index (χ2n) is 14.8. The third-order valence-electron chi connectivity index (χ3n) is 10.3. The zero-order valence-electron chi connectivity index (χ0n) is 39.6. The fourth-order valence-corrected chi connectivity index (χ4v) is 417. The minimum atomic E-state index is -7.18. The van der Waals surface area contributed by atoms with E-state index in [1.807, 2.05) is 0 Å². The van der Waals surface area contributed by atoms with Gasteiger partial charge in [0.2, 0.25) is 110 Å². The molecule has 0 aliphatic heterocycles. The lowest BCUT2D eigenvalue weighted by Gasteiger charge is -2.69. The van der Waals surface area contributed by atoms with Gasteiger partial charge in [-0.15, -0.1) is 0 Å². The minimum Gasteiger partial charge on any atom is -0.439 e. The van der Waals surface area contributed by atoms with E-state index in [2.05, 4.69) is 9.76 Å². The van der Waals surface area contributed by atoms with Crippen LogP contribution in [0.3, 0.4) is 0 Å². The Morgan fingerprint density at radius 1 is 0.360 bits per heavy atom. The molecule has 3 atom stereocenters. The van der Waals surface area contributed by atoms with Gasteiger partial charge in [-0.3, -0.25) is 0 Å². The van der Waals surface area contributed by atoms with Crippen LogP contribution in [0.15, 0.2) is 0 Å². The molecule has 0 bridgehead atoms. The Bertz CT molecular complexity index is 1520. The highest BCUT2D eigenvalue weighted by atomic mass is 30.5. The van der Waals surface area contributed by atoms with Crippen LogP contribution in [0.1, 0.15) is 0 Å². The molecule has 0 aromatic rings. The molecule has 19 N–H and O–H groups in total. The highest BCUT2D eigenvalue weighted by Crippen LogP contribution is 2.53. The van der Waals surface area contributed by atoms with E-state index in [4.69, 9.17) is 58.9 Å². The summed E-state index contributed by atoms with van der Waals surface area (Å²) in [5, 5.41) is 0. The van der Waals surface area contributed by atoms with Crippen molar-refractivity contribution in [2.75, 3.05) is 28.4 Å². The molecule has 0 fully saturated rings. The lowest BCUT2D eigenvalue weighted by molar-refractivity contribution is 0.125. The molecule has 33 nitrogen and oxygen atoms in total. The monoisotopic (exact) mass is 1590 g/mol. The third kappa shape index (κ3) is 16.3. The lowest BCUT2D eigenvalue weighted by Crippen LogP contribution is -3.13. The van der Waals surface area contributed by atoms with Gasteiger partial charge < -0.3 is 150 Å². The minimum absolute atomic E-state index is 0.261. The summed E-state index contributed by atoms with van der Waals surface area (Å²) in [7, 11) is -63.4. The maximum atomic E-state index is 12.7. The zero-order chi connectivity index (χ0) is 58.5. The van der Waals surface area contributed by atoms with E-state index in [1.165, 1.54) is 34.4 Å². The molecule has 0 heterocycles. The molecule has 75 heavy (non-hydrogen) atoms. The van der Waals surface area contributed by atoms with Crippen LogP contribution in [-0.2, 0) is 58.9 Å². The van der Waals surface area contributed by atoms with Gasteiger partial charge in [-0.1, -0.05) is 0 Å². The lowest BCUT2D eigenvalue weighted by atomic mass is 10.9. The maximum Gasteiger partial charge on any atom is 0.499 e. The van der Waals surface area contributed by atoms with E-state index in [0.29, 0.717) is 0 Å². The van der Waals surface area contributed by atoms with Crippen molar-refractivity contribution < 1.29 is 150 Å². The Labute approximate surface area is 489 Å². The Morgan fingerprint density at radius 2 is 0.693 bits per heavy atom. The average molecular weight is 1590 g/mol. The average Bonchev–Trinajstić information content (AvgIpc) is 3.40. The summed E-state index contributed by atoms with van der Waals surface area (Å²) in [5.41, 5.74) is 0. The van der Waals surface area contributed by atoms with Crippen LogP contribution >= 0.6 is 0 Å². The second-order valence-corrected chi connectivity index (χ2v) is 149. The van der Waals surface area contributed by atoms with Crippen molar-refractivity contribution in [2.24, 2.45) is 0 Å². The Morgan fingerprint density at radius 3 is 0.933 bits per heavy atom. The summed E-state index contributed by atoms with van der Waals surface area (Å²) in [6.45, 7) is -32.4. The highest BCUT2D eigenvalue weighted by Gasteiger charge is 2.99. The van der Waals surface area contributed by atoms with Gasteiger partial charge in [-0.05, 0) is 32.2 Å². The molecule has 39 radical (unpaired) electrons. The number of hydrogen-bond donors (Lipinski definition) is 19. The van der Waals surface area contributed by atoms with Crippen molar-refractivity contribution >= 4 is 278 Å². The van der Waals surface area contributed by atoms with Crippen LogP contribution in [0.25, 0.3) is 0 Å². The van der Waals surface area contributed by atoms with Crippen molar-refractivity contribution in [2.45, 2.75) is 38.3 Å². The van der Waals surface area contributed by atoms with Crippen LogP contribution in [0.2, 0.25) is 38.3 Å². The summed E-state index contributed by atoms with van der Waals surface area (Å²) in [6.07, 6.45) is 0. The van der Waals surface area contributed by atoms with Gasteiger partial charge >= 0.3 is 99.2 Å². The molecule has 0 saturated carbocycles. The van der Waals surface area contributed by atoms with Gasteiger partial charge in [0, 0.05) is 34.5 Å². The van der Waals surface area contributed by atoms with Gasteiger partial charge in [0.05, 0.1) is 9.76 Å². The fourth-order valence-electron chi connectivity index (χ4n) is 6.79. The second kappa shape index (κ2) is 35.6. The van der Waals surface area contributed by atoms with Gasteiger partial charge in [0.1, 0.15) is 0 Å². The van der Waals surface area contributed by atoms with Crippen LogP contribution < -0.4 is 0 Å². The predicted molar refractivity (Wildman–Crippen MR) is 298 cm³/mol. The van der Waals surface area contributed by atoms with E-state index in [1.54, 1.807) is 0 Å². The molecule has 65 heteroatoms. The van der Waals surface area contributed by atoms with Crippen molar-refractivity contribution in [1.29, 1.82) is 0 Å². The first-order valence-corrected chi connectivity index (χ1v) is 82.7. The summed E-state index contributed by atoms with van der Waals surface area (Å²) in [4.78, 5) is 225. The SMILES string of the molecule is CO[Si](CC[Si](C)(C)O[Si](O[Si](O[Si]O)([Si]O)[Si](C)(C)O)([Si](O[Si]([Si])(OC)[Si]O)([Si](O[Si]O)([Si]O)[Si]O)[Si](O[Si]O)([Si]O)[Si]O)[Si](O[Si](O[Si]O)([Si]O)[Si]O)([Si](O[Si]O)([Si]O)[Si]O)[Si](O[Si]O)([Si]O)[Si]O)(OC)OC. The number of rotatable bonds is 46. The zero-order valence-corrected chi connectivity index (χ0v) is 71.6. The highest BCUT2D eigenvalue weighted by molar-refractivity contribution is 8.23. The summed E-state index contributed by atoms with van der Waals surface area (Å²) in [5.74, 6) is 0. The van der Waals surface area contributed by atoms with E-state index in [0.717, 1.165) is 20.2 Å². The Hall–Kier alpha value is 5.62. The molecular formula is C10H47O33Si32. The molecule has 0 aliphatic rings. The van der Waals surface area contributed by atoms with Crippen LogP contribution in [0.4, 0.5) is 0 Å². The quantitative estimate of drug-likeness (QED) is 0.0252. The summed E-state index contributed by atoms with van der Waals surface area (Å²) in [6, 6.07) is -0.619. The summed E-state index contributed by atoms with van der Waals surface area (Å²) < 4.78 is 90.2. The van der Waals surface area contributed by atoms with Gasteiger partial charge in [0.15, 0.2) is 8.32 Å². The molecule has 0 aliphatic carbocycles. The molecule has 413 valence electrons. The molecular weight excluding hydrogens is 1550 g/mol. The van der Waals surface area contributed by atoms with Crippen molar-refractivity contribution in [3.63, 3.8) is 0 Å². The standard InChI is InChI=1S/C10H47O33Si32/c1-30-65(31-2,32-3)10-9-63(5,6)40-69(43-68(54-20,35-46-12)64(7,8)29,74(41-66(44,33-4)51-17,70(55-21,56-22)36-47-13)71(57-23,58-24)37-48-14)75(72(59-25,60-26)38-49-15,73(61-27,62-28)39-50-16)42-67(52-18,53-19)34-45-11/h11-29H,9-10H2,1-8H3. The Balaban J connectivity index is 12.7. The van der Waals surface area contributed by atoms with Crippen LogP contribution in [0, 0.1) is 0 Å².